The van der Waals surface area contributed by atoms with Crippen LogP contribution < -0.4 is 9.62 Å². The minimum Gasteiger partial charge on any atom is -0.350 e. The maximum Gasteiger partial charge on any atom is 0.242 e. The third-order valence-corrected chi connectivity index (χ3v) is 7.87. The summed E-state index contributed by atoms with van der Waals surface area (Å²) in [7, 11) is -3.56. The van der Waals surface area contributed by atoms with Crippen LogP contribution in [0.15, 0.2) is 36.4 Å². The van der Waals surface area contributed by atoms with E-state index < -0.39 is 21.6 Å². The molecule has 2 amide bonds. The summed E-state index contributed by atoms with van der Waals surface area (Å²) in [5.74, 6) is -0.551. The zero-order chi connectivity index (χ0) is 28.1. The standard InChI is InChI=1S/C27H37Cl2N3O4S/c1-18-10-12-22(15-19(18)2)32(37(7,35)36)14-8-9-25(33)31(20(3)26(34)30-27(4,5)6)17-21-11-13-23(28)24(29)16-21/h10-13,15-16,20H,8-9,14,17H2,1-7H3,(H,30,34)/t20-/m0/s1. The number of halogens is 2. The highest BCUT2D eigenvalue weighted by Gasteiger charge is 2.29. The minimum absolute atomic E-state index is 0.0608. The van der Waals surface area contributed by atoms with E-state index in [1.807, 2.05) is 46.8 Å². The van der Waals surface area contributed by atoms with Gasteiger partial charge in [0, 0.05) is 25.0 Å². The predicted octanol–water partition coefficient (Wildman–Crippen LogP) is 5.49. The van der Waals surface area contributed by atoms with Gasteiger partial charge in [0.1, 0.15) is 6.04 Å². The van der Waals surface area contributed by atoms with Crippen molar-refractivity contribution in [1.29, 1.82) is 0 Å². The van der Waals surface area contributed by atoms with Gasteiger partial charge in [0.25, 0.3) is 0 Å². The second-order valence-electron chi connectivity index (χ2n) is 10.4. The van der Waals surface area contributed by atoms with Crippen molar-refractivity contribution in [3.8, 4) is 0 Å². The number of amides is 2. The van der Waals surface area contributed by atoms with Crippen LogP contribution in [0, 0.1) is 13.8 Å². The maximum atomic E-state index is 13.4. The fourth-order valence-corrected chi connectivity index (χ4v) is 5.05. The Labute approximate surface area is 231 Å². The van der Waals surface area contributed by atoms with Gasteiger partial charge in [0.2, 0.25) is 21.8 Å². The van der Waals surface area contributed by atoms with E-state index >= 15 is 0 Å². The van der Waals surface area contributed by atoms with Crippen LogP contribution in [0.5, 0.6) is 0 Å². The number of sulfonamides is 1. The molecule has 0 bridgehead atoms. The molecule has 0 unspecified atom stereocenters. The molecule has 37 heavy (non-hydrogen) atoms. The highest BCUT2D eigenvalue weighted by molar-refractivity contribution is 7.92. The fourth-order valence-electron chi connectivity index (χ4n) is 3.78. The molecule has 2 rings (SSSR count). The molecule has 0 spiro atoms. The van der Waals surface area contributed by atoms with Crippen molar-refractivity contribution in [1.82, 2.24) is 10.2 Å². The van der Waals surface area contributed by atoms with Crippen LogP contribution in [0.3, 0.4) is 0 Å². The first-order chi connectivity index (χ1) is 17.0. The van der Waals surface area contributed by atoms with Gasteiger partial charge in [-0.25, -0.2) is 8.42 Å². The molecule has 0 fully saturated rings. The van der Waals surface area contributed by atoms with Crippen molar-refractivity contribution < 1.29 is 18.0 Å². The first-order valence-corrected chi connectivity index (χ1v) is 14.7. The molecule has 2 aromatic carbocycles. The number of hydrogen-bond acceptors (Lipinski definition) is 4. The van der Waals surface area contributed by atoms with Gasteiger partial charge in [-0.15, -0.1) is 0 Å². The molecule has 7 nitrogen and oxygen atoms in total. The Hall–Kier alpha value is -2.29. The van der Waals surface area contributed by atoms with Gasteiger partial charge in [0.05, 0.1) is 22.0 Å². The molecule has 0 aromatic heterocycles. The lowest BCUT2D eigenvalue weighted by atomic mass is 10.1. The third kappa shape index (κ3) is 9.20. The summed E-state index contributed by atoms with van der Waals surface area (Å²) in [5, 5.41) is 3.67. The molecule has 1 N–H and O–H groups in total. The average Bonchev–Trinajstić information content (AvgIpc) is 2.76. The SMILES string of the molecule is Cc1ccc(N(CCCC(=O)N(Cc2ccc(Cl)c(Cl)c2)[C@@H](C)C(=O)NC(C)(C)C)S(C)(=O)=O)cc1C. The Morgan fingerprint density at radius 2 is 1.65 bits per heavy atom. The van der Waals surface area contributed by atoms with Crippen LogP contribution in [0.25, 0.3) is 0 Å². The van der Waals surface area contributed by atoms with Gasteiger partial charge in [-0.2, -0.15) is 0 Å². The van der Waals surface area contributed by atoms with Crippen molar-refractivity contribution >= 4 is 50.7 Å². The number of rotatable bonds is 10. The molecule has 0 aliphatic heterocycles. The summed E-state index contributed by atoms with van der Waals surface area (Å²) in [6.07, 6.45) is 1.50. The van der Waals surface area contributed by atoms with Crippen LogP contribution in [0.2, 0.25) is 10.0 Å². The lowest BCUT2D eigenvalue weighted by Crippen LogP contribution is -2.52. The number of benzene rings is 2. The zero-order valence-corrected chi connectivity index (χ0v) is 24.9. The summed E-state index contributed by atoms with van der Waals surface area (Å²) in [6, 6.07) is 9.79. The van der Waals surface area contributed by atoms with E-state index in [0.717, 1.165) is 22.9 Å². The van der Waals surface area contributed by atoms with Gasteiger partial charge < -0.3 is 10.2 Å². The van der Waals surface area contributed by atoms with E-state index in [1.165, 1.54) is 9.21 Å². The Bertz CT molecular complexity index is 1240. The second kappa shape index (κ2) is 12.5. The third-order valence-electron chi connectivity index (χ3n) is 5.93. The first-order valence-electron chi connectivity index (χ1n) is 12.1. The molecule has 0 aliphatic carbocycles. The molecule has 0 radical (unpaired) electrons. The smallest absolute Gasteiger partial charge is 0.242 e. The molecule has 10 heteroatoms. The van der Waals surface area contributed by atoms with Crippen LogP contribution >= 0.6 is 23.2 Å². The van der Waals surface area contributed by atoms with Gasteiger partial charge in [-0.05, 0) is 88.9 Å². The second-order valence-corrected chi connectivity index (χ2v) is 13.1. The highest BCUT2D eigenvalue weighted by atomic mass is 35.5. The van der Waals surface area contributed by atoms with E-state index in [1.54, 1.807) is 31.2 Å². The number of nitrogens with one attached hydrogen (secondary N) is 1. The van der Waals surface area contributed by atoms with Gasteiger partial charge in [-0.1, -0.05) is 35.3 Å². The summed E-state index contributed by atoms with van der Waals surface area (Å²) >= 11 is 12.2. The molecular weight excluding hydrogens is 533 g/mol. The van der Waals surface area contributed by atoms with Crippen molar-refractivity contribution in [2.45, 2.75) is 72.5 Å². The predicted molar refractivity (Wildman–Crippen MR) is 152 cm³/mol. The fraction of sp³-hybridized carbons (Fsp3) is 0.481. The largest absolute Gasteiger partial charge is 0.350 e. The molecule has 0 saturated heterocycles. The lowest BCUT2D eigenvalue weighted by molar-refractivity contribution is -0.141. The molecule has 0 heterocycles. The van der Waals surface area contributed by atoms with E-state index in [2.05, 4.69) is 5.32 Å². The quantitative estimate of drug-likeness (QED) is 0.410. The Morgan fingerprint density at radius 3 is 2.19 bits per heavy atom. The van der Waals surface area contributed by atoms with E-state index in [0.29, 0.717) is 15.7 Å². The van der Waals surface area contributed by atoms with Crippen LogP contribution in [-0.4, -0.2) is 49.5 Å². The molecule has 0 aliphatic rings. The topological polar surface area (TPSA) is 86.8 Å². The number of carbonyl (C=O) groups is 2. The Kier molecular flexibility index (Phi) is 10.5. The lowest BCUT2D eigenvalue weighted by Gasteiger charge is -2.32. The van der Waals surface area contributed by atoms with Crippen molar-refractivity contribution in [2.24, 2.45) is 0 Å². The van der Waals surface area contributed by atoms with Crippen molar-refractivity contribution in [3.05, 3.63) is 63.1 Å². The average molecular weight is 571 g/mol. The number of aryl methyl sites for hydroxylation is 2. The highest BCUT2D eigenvalue weighted by Crippen LogP contribution is 2.25. The van der Waals surface area contributed by atoms with E-state index in [4.69, 9.17) is 23.2 Å². The normalized spacial score (nSPS) is 12.7. The number of nitrogens with zero attached hydrogens (tertiary/aromatic N) is 2. The number of carbonyl (C=O) groups excluding carboxylic acids is 2. The van der Waals surface area contributed by atoms with E-state index in [9.17, 15) is 18.0 Å². The minimum atomic E-state index is -3.56. The molecule has 0 saturated carbocycles. The summed E-state index contributed by atoms with van der Waals surface area (Å²) in [4.78, 5) is 27.8. The van der Waals surface area contributed by atoms with Crippen LogP contribution in [0.1, 0.15) is 57.2 Å². The molecule has 204 valence electrons. The Balaban J connectivity index is 2.23. The van der Waals surface area contributed by atoms with Crippen molar-refractivity contribution in [2.75, 3.05) is 17.1 Å². The van der Waals surface area contributed by atoms with Gasteiger partial charge in [0.15, 0.2) is 0 Å². The molecular formula is C27H37Cl2N3O4S. The summed E-state index contributed by atoms with van der Waals surface area (Å²) < 4.78 is 26.4. The Morgan fingerprint density at radius 1 is 1.00 bits per heavy atom. The van der Waals surface area contributed by atoms with Gasteiger partial charge in [-0.3, -0.25) is 13.9 Å². The van der Waals surface area contributed by atoms with Crippen LogP contribution in [-0.2, 0) is 26.2 Å². The number of hydrogen-bond donors (Lipinski definition) is 1. The number of anilines is 1. The first kappa shape index (κ1) is 30.9. The van der Waals surface area contributed by atoms with E-state index in [-0.39, 0.29) is 37.7 Å². The summed E-state index contributed by atoms with van der Waals surface area (Å²) in [5.41, 5.74) is 2.86. The molecule has 2 aromatic rings. The van der Waals surface area contributed by atoms with Crippen LogP contribution in [0.4, 0.5) is 5.69 Å². The zero-order valence-electron chi connectivity index (χ0n) is 22.6. The van der Waals surface area contributed by atoms with Gasteiger partial charge >= 0.3 is 0 Å². The summed E-state index contributed by atoms with van der Waals surface area (Å²) in [6.45, 7) is 11.5. The monoisotopic (exact) mass is 569 g/mol. The maximum absolute atomic E-state index is 13.4. The molecule has 1 atom stereocenters. The van der Waals surface area contributed by atoms with Crippen molar-refractivity contribution in [3.63, 3.8) is 0 Å².